The van der Waals surface area contributed by atoms with Crippen LogP contribution in [0.4, 0.5) is 5.00 Å². The van der Waals surface area contributed by atoms with Gasteiger partial charge in [-0.1, -0.05) is 24.4 Å². The lowest BCUT2D eigenvalue weighted by Gasteiger charge is -2.18. The fourth-order valence-electron chi connectivity index (χ4n) is 2.29. The fourth-order valence-corrected chi connectivity index (χ4v) is 4.35. The molecule has 0 aliphatic rings. The fraction of sp³-hybridized carbons (Fsp3) is 0.375. The van der Waals surface area contributed by atoms with Crippen molar-refractivity contribution in [3.63, 3.8) is 0 Å². The Morgan fingerprint density at radius 3 is 2.56 bits per heavy atom. The summed E-state index contributed by atoms with van der Waals surface area (Å²) >= 11 is 0.828. The van der Waals surface area contributed by atoms with Crippen LogP contribution in [0.2, 0.25) is 0 Å². The third kappa shape index (κ3) is 4.67. The lowest BCUT2D eigenvalue weighted by atomic mass is 10.2. The number of hydrogen-bond donors (Lipinski definition) is 1. The maximum Gasteiger partial charge on any atom is 0.362 e. The highest BCUT2D eigenvalue weighted by molar-refractivity contribution is 7.89. The molecular formula is C16H20N4O5S2. The Hall–Kier alpha value is -2.37. The maximum atomic E-state index is 12.6. The molecule has 0 aliphatic heterocycles. The van der Waals surface area contributed by atoms with Gasteiger partial charge in [-0.25, -0.2) is 13.2 Å². The molecule has 0 atom stereocenters. The highest BCUT2D eigenvalue weighted by Gasteiger charge is 2.24. The van der Waals surface area contributed by atoms with Gasteiger partial charge in [0, 0.05) is 30.2 Å². The lowest BCUT2D eigenvalue weighted by molar-refractivity contribution is 0.0520. The van der Waals surface area contributed by atoms with Crippen molar-refractivity contribution in [1.82, 2.24) is 13.9 Å². The number of carbonyl (C=O) groups is 2. The van der Waals surface area contributed by atoms with E-state index in [0.29, 0.717) is 13.1 Å². The molecule has 0 saturated carbocycles. The summed E-state index contributed by atoms with van der Waals surface area (Å²) in [5.41, 5.74) is 0.0357. The van der Waals surface area contributed by atoms with Gasteiger partial charge >= 0.3 is 5.97 Å². The average molecular weight is 412 g/mol. The highest BCUT2D eigenvalue weighted by Crippen LogP contribution is 2.21. The number of aromatic nitrogens is 2. The molecule has 1 aromatic heterocycles. The second-order valence-corrected chi connectivity index (χ2v) is 7.93. The van der Waals surface area contributed by atoms with Crippen LogP contribution in [-0.2, 0) is 14.8 Å². The number of carbonyl (C=O) groups excluding carboxylic acids is 2. The Kier molecular flexibility index (Phi) is 6.99. The Morgan fingerprint density at radius 2 is 1.93 bits per heavy atom. The van der Waals surface area contributed by atoms with Crippen LogP contribution in [0.1, 0.15) is 41.6 Å². The van der Waals surface area contributed by atoms with Gasteiger partial charge in [-0.15, -0.1) is 5.10 Å². The first-order valence-electron chi connectivity index (χ1n) is 8.26. The molecule has 27 heavy (non-hydrogen) atoms. The van der Waals surface area contributed by atoms with Crippen LogP contribution >= 0.6 is 11.5 Å². The molecule has 1 aromatic carbocycles. The minimum absolute atomic E-state index is 0.0203. The zero-order valence-corrected chi connectivity index (χ0v) is 16.8. The Bertz CT molecular complexity index is 922. The molecule has 0 spiro atoms. The van der Waals surface area contributed by atoms with Crippen LogP contribution in [0.3, 0.4) is 0 Å². The van der Waals surface area contributed by atoms with Gasteiger partial charge in [0.15, 0.2) is 5.00 Å². The number of nitrogens with zero attached hydrogens (tertiary/aromatic N) is 3. The van der Waals surface area contributed by atoms with Gasteiger partial charge in [-0.05, 0) is 25.1 Å². The largest absolute Gasteiger partial charge is 0.461 e. The summed E-state index contributed by atoms with van der Waals surface area (Å²) < 4.78 is 35.0. The molecular weight excluding hydrogens is 392 g/mol. The number of benzene rings is 1. The Labute approximate surface area is 161 Å². The molecule has 0 aliphatic carbocycles. The number of hydrogen-bond acceptors (Lipinski definition) is 8. The van der Waals surface area contributed by atoms with Crippen LogP contribution in [-0.4, -0.2) is 53.9 Å². The van der Waals surface area contributed by atoms with Crippen molar-refractivity contribution < 1.29 is 22.7 Å². The maximum absolute atomic E-state index is 12.6. The molecule has 0 radical (unpaired) electrons. The van der Waals surface area contributed by atoms with Crippen molar-refractivity contribution in [2.24, 2.45) is 0 Å². The van der Waals surface area contributed by atoms with E-state index in [1.807, 2.05) is 0 Å². The van der Waals surface area contributed by atoms with Crippen LogP contribution in [0, 0.1) is 0 Å². The molecule has 9 nitrogen and oxygen atoms in total. The topological polar surface area (TPSA) is 119 Å². The molecule has 146 valence electrons. The van der Waals surface area contributed by atoms with Crippen molar-refractivity contribution >= 4 is 38.4 Å². The van der Waals surface area contributed by atoms with E-state index in [1.165, 1.54) is 28.6 Å². The van der Waals surface area contributed by atoms with Gasteiger partial charge in [-0.3, -0.25) is 4.79 Å². The summed E-state index contributed by atoms with van der Waals surface area (Å²) in [6.45, 7) is 5.94. The Balaban J connectivity index is 2.27. The van der Waals surface area contributed by atoms with Crippen LogP contribution < -0.4 is 5.32 Å². The van der Waals surface area contributed by atoms with Crippen molar-refractivity contribution in [3.8, 4) is 0 Å². The summed E-state index contributed by atoms with van der Waals surface area (Å²) in [5.74, 6) is -1.28. The van der Waals surface area contributed by atoms with Gasteiger partial charge in [0.1, 0.15) is 0 Å². The monoisotopic (exact) mass is 412 g/mol. The average Bonchev–Trinajstić information content (AvgIpc) is 3.11. The molecule has 2 rings (SSSR count). The first-order chi connectivity index (χ1) is 12.8. The van der Waals surface area contributed by atoms with Crippen molar-refractivity contribution in [1.29, 1.82) is 0 Å². The van der Waals surface area contributed by atoms with E-state index in [4.69, 9.17) is 4.74 Å². The van der Waals surface area contributed by atoms with Gasteiger partial charge in [0.2, 0.25) is 15.7 Å². The molecule has 11 heteroatoms. The summed E-state index contributed by atoms with van der Waals surface area (Å²) in [6, 6.07) is 5.70. The van der Waals surface area contributed by atoms with Crippen LogP contribution in [0.25, 0.3) is 0 Å². The van der Waals surface area contributed by atoms with E-state index in [1.54, 1.807) is 20.8 Å². The van der Waals surface area contributed by atoms with Gasteiger partial charge in [0.25, 0.3) is 5.91 Å². The van der Waals surface area contributed by atoms with E-state index in [-0.39, 0.29) is 27.8 Å². The van der Waals surface area contributed by atoms with Gasteiger partial charge < -0.3 is 10.1 Å². The molecule has 0 saturated heterocycles. The van der Waals surface area contributed by atoms with Gasteiger partial charge in [-0.2, -0.15) is 4.31 Å². The van der Waals surface area contributed by atoms with E-state index in [9.17, 15) is 18.0 Å². The number of amides is 1. The molecule has 1 heterocycles. The molecule has 1 amide bonds. The number of ether oxygens (including phenoxy) is 1. The van der Waals surface area contributed by atoms with Crippen molar-refractivity contribution in [2.45, 2.75) is 25.7 Å². The Morgan fingerprint density at radius 1 is 1.22 bits per heavy atom. The molecule has 2 aromatic rings. The third-order valence-corrected chi connectivity index (χ3v) is 6.31. The number of esters is 1. The van der Waals surface area contributed by atoms with Crippen LogP contribution in [0.15, 0.2) is 29.2 Å². The van der Waals surface area contributed by atoms with Crippen molar-refractivity contribution in [3.05, 3.63) is 35.5 Å². The van der Waals surface area contributed by atoms with E-state index >= 15 is 0 Å². The first-order valence-corrected chi connectivity index (χ1v) is 10.5. The summed E-state index contributed by atoms with van der Waals surface area (Å²) in [6.07, 6.45) is 0. The SMILES string of the molecule is CCOC(=O)c1nnsc1NC(=O)c1cccc(S(=O)(=O)N(CC)CC)c1. The van der Waals surface area contributed by atoms with E-state index in [2.05, 4.69) is 14.9 Å². The molecule has 0 unspecified atom stereocenters. The predicted octanol–water partition coefficient (Wildman–Crippen LogP) is 2.00. The standard InChI is InChI=1S/C16H20N4O5S2/c1-4-20(5-2)27(23,24)12-9-7-8-11(10-12)14(21)17-15-13(18-19-26-15)16(22)25-6-3/h7-10H,4-6H2,1-3H3,(H,17,21). The quantitative estimate of drug-likeness (QED) is 0.659. The number of anilines is 1. The summed E-state index contributed by atoms with van der Waals surface area (Å²) in [4.78, 5) is 24.3. The minimum Gasteiger partial charge on any atom is -0.461 e. The zero-order valence-electron chi connectivity index (χ0n) is 15.1. The molecule has 1 N–H and O–H groups in total. The third-order valence-electron chi connectivity index (χ3n) is 3.62. The second-order valence-electron chi connectivity index (χ2n) is 5.24. The normalized spacial score (nSPS) is 11.4. The lowest BCUT2D eigenvalue weighted by Crippen LogP contribution is -2.30. The summed E-state index contributed by atoms with van der Waals surface area (Å²) in [5, 5.41) is 6.32. The van der Waals surface area contributed by atoms with Gasteiger partial charge in [0.05, 0.1) is 11.5 Å². The first kappa shape index (κ1) is 20.9. The highest BCUT2D eigenvalue weighted by atomic mass is 32.2. The van der Waals surface area contributed by atoms with Crippen molar-refractivity contribution in [2.75, 3.05) is 25.0 Å². The number of nitrogens with one attached hydrogen (secondary N) is 1. The molecule has 0 bridgehead atoms. The smallest absolute Gasteiger partial charge is 0.362 e. The van der Waals surface area contributed by atoms with E-state index in [0.717, 1.165) is 11.5 Å². The van der Waals surface area contributed by atoms with Crippen LogP contribution in [0.5, 0.6) is 0 Å². The number of sulfonamides is 1. The summed E-state index contributed by atoms with van der Waals surface area (Å²) in [7, 11) is -3.69. The number of rotatable bonds is 8. The van der Waals surface area contributed by atoms with E-state index < -0.39 is 21.9 Å². The second kappa shape index (κ2) is 9.02. The predicted molar refractivity (Wildman–Crippen MR) is 100 cm³/mol. The minimum atomic E-state index is -3.69. The zero-order chi connectivity index (χ0) is 20.0. The molecule has 0 fully saturated rings.